The van der Waals surface area contributed by atoms with Crippen LogP contribution < -0.4 is 5.32 Å². The van der Waals surface area contributed by atoms with Gasteiger partial charge < -0.3 is 10.2 Å². The van der Waals surface area contributed by atoms with Gasteiger partial charge in [0, 0.05) is 35.7 Å². The van der Waals surface area contributed by atoms with Gasteiger partial charge in [-0.2, -0.15) is 0 Å². The summed E-state index contributed by atoms with van der Waals surface area (Å²) in [7, 11) is 0. The van der Waals surface area contributed by atoms with Crippen LogP contribution in [-0.4, -0.2) is 45.0 Å². The summed E-state index contributed by atoms with van der Waals surface area (Å²) >= 11 is 6.03. The van der Waals surface area contributed by atoms with E-state index in [1.54, 1.807) is 18.5 Å². The summed E-state index contributed by atoms with van der Waals surface area (Å²) in [4.78, 5) is 27.4. The molecule has 2 aromatic heterocycles. The van der Waals surface area contributed by atoms with Crippen molar-refractivity contribution < 1.29 is 13.6 Å². The van der Waals surface area contributed by atoms with Gasteiger partial charge in [0.25, 0.3) is 5.91 Å². The van der Waals surface area contributed by atoms with Crippen molar-refractivity contribution in [2.24, 2.45) is 0 Å². The minimum Gasteiger partial charge on any atom is -0.339 e. The summed E-state index contributed by atoms with van der Waals surface area (Å²) in [5.41, 5.74) is 1.75. The molecule has 4 rings (SSSR count). The molecular formula is C23H22ClF2N5O. The Bertz CT molecular complexity index is 1160. The maximum absolute atomic E-state index is 14.4. The first-order chi connectivity index (χ1) is 15.3. The molecule has 6 nitrogen and oxygen atoms in total. The number of anilines is 2. The summed E-state index contributed by atoms with van der Waals surface area (Å²) < 4.78 is 28.0. The van der Waals surface area contributed by atoms with Gasteiger partial charge in [-0.1, -0.05) is 25.4 Å². The van der Waals surface area contributed by atoms with Gasteiger partial charge in [-0.3, -0.25) is 9.78 Å². The Balaban J connectivity index is 1.73. The molecule has 9 heteroatoms. The SMILES string of the molecule is CC(C)c1cnc(-c2cc(Cl)ccc2F)nc1Nc1ccncc1C(=O)N1CC[C@@H](F)C1. The van der Waals surface area contributed by atoms with E-state index in [2.05, 4.69) is 20.3 Å². The second-order valence-electron chi connectivity index (χ2n) is 7.96. The van der Waals surface area contributed by atoms with Gasteiger partial charge in [-0.25, -0.2) is 18.7 Å². The molecule has 1 aromatic carbocycles. The number of pyridine rings is 1. The lowest BCUT2D eigenvalue weighted by molar-refractivity contribution is 0.0783. The van der Waals surface area contributed by atoms with Crippen LogP contribution in [0.4, 0.5) is 20.3 Å². The molecule has 32 heavy (non-hydrogen) atoms. The average molecular weight is 458 g/mol. The smallest absolute Gasteiger partial charge is 0.257 e. The number of amides is 1. The van der Waals surface area contributed by atoms with E-state index in [4.69, 9.17) is 11.6 Å². The van der Waals surface area contributed by atoms with Crippen LogP contribution >= 0.6 is 11.6 Å². The molecule has 0 radical (unpaired) electrons. The molecule has 1 amide bonds. The number of carbonyl (C=O) groups excluding carboxylic acids is 1. The normalized spacial score (nSPS) is 15.9. The number of nitrogens with one attached hydrogen (secondary N) is 1. The first kappa shape index (κ1) is 22.1. The lowest BCUT2D eigenvalue weighted by atomic mass is 10.1. The van der Waals surface area contributed by atoms with Crippen molar-refractivity contribution in [3.05, 3.63) is 64.8 Å². The van der Waals surface area contributed by atoms with E-state index < -0.39 is 12.0 Å². The molecule has 1 atom stereocenters. The summed E-state index contributed by atoms with van der Waals surface area (Å²) in [5.74, 6) is -0.134. The lowest BCUT2D eigenvalue weighted by Crippen LogP contribution is -2.29. The largest absolute Gasteiger partial charge is 0.339 e. The van der Waals surface area contributed by atoms with Crippen molar-refractivity contribution in [2.75, 3.05) is 18.4 Å². The number of carbonyl (C=O) groups is 1. The minimum absolute atomic E-state index is 0.0580. The molecule has 0 unspecified atom stereocenters. The molecule has 166 valence electrons. The third-order valence-corrected chi connectivity index (χ3v) is 5.57. The maximum Gasteiger partial charge on any atom is 0.257 e. The van der Waals surface area contributed by atoms with E-state index >= 15 is 0 Å². The van der Waals surface area contributed by atoms with Crippen molar-refractivity contribution in [2.45, 2.75) is 32.4 Å². The van der Waals surface area contributed by atoms with Gasteiger partial charge in [0.05, 0.1) is 23.4 Å². The fourth-order valence-corrected chi connectivity index (χ4v) is 3.76. The molecule has 3 aromatic rings. The number of likely N-dealkylation sites (tertiary alicyclic amines) is 1. The number of hydrogen-bond acceptors (Lipinski definition) is 5. The predicted molar refractivity (Wildman–Crippen MR) is 119 cm³/mol. The molecule has 1 aliphatic heterocycles. The first-order valence-corrected chi connectivity index (χ1v) is 10.7. The van der Waals surface area contributed by atoms with Crippen LogP contribution in [0, 0.1) is 5.82 Å². The number of nitrogens with zero attached hydrogens (tertiary/aromatic N) is 4. The van der Waals surface area contributed by atoms with E-state index in [1.807, 2.05) is 13.8 Å². The van der Waals surface area contributed by atoms with E-state index in [0.29, 0.717) is 35.1 Å². The highest BCUT2D eigenvalue weighted by atomic mass is 35.5. The average Bonchev–Trinajstić information content (AvgIpc) is 3.21. The van der Waals surface area contributed by atoms with E-state index in [1.165, 1.54) is 29.3 Å². The molecule has 1 aliphatic rings. The van der Waals surface area contributed by atoms with Crippen molar-refractivity contribution >= 4 is 29.0 Å². The number of aromatic nitrogens is 3. The summed E-state index contributed by atoms with van der Waals surface area (Å²) in [6.45, 7) is 4.38. The highest BCUT2D eigenvalue weighted by Gasteiger charge is 2.28. The molecule has 0 bridgehead atoms. The van der Waals surface area contributed by atoms with Gasteiger partial charge in [0.15, 0.2) is 5.82 Å². The Morgan fingerprint density at radius 1 is 1.28 bits per heavy atom. The Labute approximate surface area is 189 Å². The zero-order chi connectivity index (χ0) is 22.8. The van der Waals surface area contributed by atoms with Crippen LogP contribution in [0.1, 0.15) is 42.1 Å². The third kappa shape index (κ3) is 4.55. The molecule has 0 saturated carbocycles. The van der Waals surface area contributed by atoms with Crippen molar-refractivity contribution in [1.29, 1.82) is 0 Å². The molecule has 1 N–H and O–H groups in total. The quantitative estimate of drug-likeness (QED) is 0.556. The van der Waals surface area contributed by atoms with Crippen LogP contribution in [-0.2, 0) is 0 Å². The Morgan fingerprint density at radius 2 is 2.09 bits per heavy atom. The van der Waals surface area contributed by atoms with Crippen molar-refractivity contribution in [3.63, 3.8) is 0 Å². The van der Waals surface area contributed by atoms with E-state index in [-0.39, 0.29) is 29.8 Å². The summed E-state index contributed by atoms with van der Waals surface area (Å²) in [6, 6.07) is 5.84. The summed E-state index contributed by atoms with van der Waals surface area (Å²) in [6.07, 6.45) is 3.94. The second kappa shape index (κ2) is 9.16. The zero-order valence-corrected chi connectivity index (χ0v) is 18.4. The fourth-order valence-electron chi connectivity index (χ4n) is 3.59. The zero-order valence-electron chi connectivity index (χ0n) is 17.6. The van der Waals surface area contributed by atoms with Crippen LogP contribution in [0.2, 0.25) is 5.02 Å². The fraction of sp³-hybridized carbons (Fsp3) is 0.304. The topological polar surface area (TPSA) is 71.0 Å². The molecule has 1 fully saturated rings. The van der Waals surface area contributed by atoms with E-state index in [9.17, 15) is 13.6 Å². The van der Waals surface area contributed by atoms with Crippen LogP contribution in [0.25, 0.3) is 11.4 Å². The number of halogens is 3. The van der Waals surface area contributed by atoms with Crippen LogP contribution in [0.3, 0.4) is 0 Å². The Hall–Kier alpha value is -3.13. The van der Waals surface area contributed by atoms with Crippen LogP contribution in [0.5, 0.6) is 0 Å². The van der Waals surface area contributed by atoms with Gasteiger partial charge in [0.1, 0.15) is 17.8 Å². The van der Waals surface area contributed by atoms with Gasteiger partial charge in [0.2, 0.25) is 0 Å². The highest BCUT2D eigenvalue weighted by Crippen LogP contribution is 2.31. The molecular weight excluding hydrogens is 436 g/mol. The van der Waals surface area contributed by atoms with E-state index in [0.717, 1.165) is 5.56 Å². The van der Waals surface area contributed by atoms with Crippen molar-refractivity contribution in [3.8, 4) is 11.4 Å². The standard InChI is InChI=1S/C23H22ClF2N5O/c1-13(2)17-11-28-21(16-9-14(24)3-4-19(16)26)30-22(17)29-20-5-7-27-10-18(20)23(32)31-8-6-15(25)12-31/h3-5,7,9-11,13,15H,6,8,12H2,1-2H3,(H,27,28,29,30)/t15-/m1/s1. The number of alkyl halides is 1. The summed E-state index contributed by atoms with van der Waals surface area (Å²) in [5, 5.41) is 3.56. The number of benzene rings is 1. The van der Waals surface area contributed by atoms with Gasteiger partial charge >= 0.3 is 0 Å². The van der Waals surface area contributed by atoms with Crippen LogP contribution in [0.15, 0.2) is 42.9 Å². The first-order valence-electron chi connectivity index (χ1n) is 10.3. The van der Waals surface area contributed by atoms with Gasteiger partial charge in [-0.15, -0.1) is 0 Å². The number of rotatable bonds is 5. The van der Waals surface area contributed by atoms with Crippen molar-refractivity contribution in [1.82, 2.24) is 19.9 Å². The third-order valence-electron chi connectivity index (χ3n) is 5.33. The minimum atomic E-state index is -1.02. The van der Waals surface area contributed by atoms with Gasteiger partial charge in [-0.05, 0) is 36.6 Å². The molecule has 1 saturated heterocycles. The lowest BCUT2D eigenvalue weighted by Gasteiger charge is -2.19. The second-order valence-corrected chi connectivity index (χ2v) is 8.40. The maximum atomic E-state index is 14.4. The predicted octanol–water partition coefficient (Wildman–Crippen LogP) is 5.38. The monoisotopic (exact) mass is 457 g/mol. The Kier molecular flexibility index (Phi) is 6.32. The Morgan fingerprint density at radius 3 is 2.81 bits per heavy atom. The molecule has 0 spiro atoms. The molecule has 0 aliphatic carbocycles. The highest BCUT2D eigenvalue weighted by molar-refractivity contribution is 6.30. The molecule has 3 heterocycles. The number of hydrogen-bond donors (Lipinski definition) is 1.